The number of likely N-dealkylation sites (N-methyl/N-ethyl adjacent to an activating group) is 1. The minimum absolute atomic E-state index is 0.839. The third-order valence-corrected chi connectivity index (χ3v) is 4.18. The summed E-state index contributed by atoms with van der Waals surface area (Å²) in [6, 6.07) is 0. The molecule has 0 amide bonds. The van der Waals surface area contributed by atoms with Crippen molar-refractivity contribution in [1.29, 1.82) is 0 Å². The Kier molecular flexibility index (Phi) is 8.48. The van der Waals surface area contributed by atoms with Gasteiger partial charge in [0.15, 0.2) is 0 Å². The van der Waals surface area contributed by atoms with E-state index in [1.54, 1.807) is 0 Å². The molecule has 3 heteroatoms. The van der Waals surface area contributed by atoms with Crippen molar-refractivity contribution in [3.8, 4) is 0 Å². The summed E-state index contributed by atoms with van der Waals surface area (Å²) in [6.45, 7) is 9.31. The van der Waals surface area contributed by atoms with E-state index in [9.17, 15) is 0 Å². The van der Waals surface area contributed by atoms with E-state index in [1.807, 2.05) is 12.2 Å². The van der Waals surface area contributed by atoms with E-state index in [2.05, 4.69) is 32.2 Å². The Hall–Kier alpha value is -0.0675. The zero-order valence-corrected chi connectivity index (χ0v) is 9.98. The summed E-state index contributed by atoms with van der Waals surface area (Å²) in [5, 5.41) is 2.08. The van der Waals surface area contributed by atoms with Gasteiger partial charge < -0.3 is 8.69 Å². The van der Waals surface area contributed by atoms with Crippen LogP contribution in [0.15, 0.2) is 25.3 Å². The fourth-order valence-corrected chi connectivity index (χ4v) is 2.65. The van der Waals surface area contributed by atoms with Crippen LogP contribution in [0.25, 0.3) is 0 Å². The van der Waals surface area contributed by atoms with Gasteiger partial charge in [-0.15, -0.1) is 25.3 Å². The zero-order valence-electron chi connectivity index (χ0n) is 8.83. The molecule has 0 heterocycles. The standard InChI is InChI=1S/C4H10NO.2C3H5.Al/c1-5(2)3-4-6;2*1-3-2;/h3-4H2,1-2H3;2*3H,1-2H2;/q-1;;;+1. The average molecular weight is 197 g/mol. The van der Waals surface area contributed by atoms with Crippen LogP contribution in [-0.2, 0) is 3.79 Å². The van der Waals surface area contributed by atoms with Crippen molar-refractivity contribution >= 4 is 14.5 Å². The molecule has 0 aliphatic heterocycles. The SMILES string of the molecule is C=C[CH2][Al]([CH2]C=C)[O]CCN(C)C. The second-order valence-electron chi connectivity index (χ2n) is 3.34. The number of nitrogens with zero attached hydrogens (tertiary/aromatic N) is 1. The molecule has 0 aromatic heterocycles. The Balaban J connectivity index is 3.55. The molecule has 74 valence electrons. The highest BCUT2D eigenvalue weighted by Crippen LogP contribution is 2.02. The van der Waals surface area contributed by atoms with Gasteiger partial charge in [0, 0.05) is 13.2 Å². The molecule has 0 bridgehead atoms. The lowest BCUT2D eigenvalue weighted by atomic mass is 10.6. The van der Waals surface area contributed by atoms with E-state index in [0.717, 1.165) is 23.7 Å². The Bertz CT molecular complexity index is 138. The van der Waals surface area contributed by atoms with Gasteiger partial charge >= 0.3 is 14.5 Å². The largest absolute Gasteiger partial charge is 0.499 e. The van der Waals surface area contributed by atoms with Crippen molar-refractivity contribution < 1.29 is 3.79 Å². The molecule has 0 aromatic carbocycles. The Labute approximate surface area is 86.6 Å². The average Bonchev–Trinajstić information content (AvgIpc) is 2.04. The van der Waals surface area contributed by atoms with Crippen molar-refractivity contribution in [2.75, 3.05) is 27.2 Å². The van der Waals surface area contributed by atoms with Gasteiger partial charge in [0.1, 0.15) is 0 Å². The molecule has 0 rings (SSSR count). The molecule has 0 aromatic rings. The summed E-state index contributed by atoms with van der Waals surface area (Å²) < 4.78 is 5.79. The number of allylic oxidation sites excluding steroid dienone is 2. The summed E-state index contributed by atoms with van der Waals surface area (Å²) in [5.74, 6) is 0. The van der Waals surface area contributed by atoms with Crippen LogP contribution < -0.4 is 0 Å². The number of hydrogen-bond donors (Lipinski definition) is 0. The monoisotopic (exact) mass is 197 g/mol. The first-order chi connectivity index (χ1) is 6.20. The Morgan fingerprint density at radius 2 is 1.77 bits per heavy atom. The van der Waals surface area contributed by atoms with Crippen LogP contribution in [-0.4, -0.2) is 46.6 Å². The molecule has 13 heavy (non-hydrogen) atoms. The molecule has 0 aliphatic carbocycles. The first-order valence-corrected chi connectivity index (χ1v) is 6.79. The smallest absolute Gasteiger partial charge is 0.468 e. The quantitative estimate of drug-likeness (QED) is 0.435. The van der Waals surface area contributed by atoms with Crippen LogP contribution in [0.1, 0.15) is 0 Å². The first kappa shape index (κ1) is 12.9. The summed E-state index contributed by atoms with van der Waals surface area (Å²) in [6.07, 6.45) is 3.91. The molecule has 2 nitrogen and oxygen atoms in total. The van der Waals surface area contributed by atoms with Crippen molar-refractivity contribution in [3.05, 3.63) is 25.3 Å². The summed E-state index contributed by atoms with van der Waals surface area (Å²) in [7, 11) is 4.11. The third kappa shape index (κ3) is 8.27. The van der Waals surface area contributed by atoms with Crippen LogP contribution in [0.5, 0.6) is 0 Å². The van der Waals surface area contributed by atoms with Gasteiger partial charge in [0.2, 0.25) is 0 Å². The highest BCUT2D eigenvalue weighted by Gasteiger charge is 2.16. The minimum Gasteiger partial charge on any atom is -0.499 e. The van der Waals surface area contributed by atoms with Crippen LogP contribution in [0, 0.1) is 0 Å². The maximum atomic E-state index is 5.79. The van der Waals surface area contributed by atoms with Crippen LogP contribution in [0.2, 0.25) is 10.6 Å². The van der Waals surface area contributed by atoms with Gasteiger partial charge in [-0.2, -0.15) is 0 Å². The van der Waals surface area contributed by atoms with E-state index in [1.165, 1.54) is 0 Å². The predicted molar refractivity (Wildman–Crippen MR) is 60.3 cm³/mol. The number of hydrogen-bond acceptors (Lipinski definition) is 2. The summed E-state index contributed by atoms with van der Waals surface area (Å²) in [5.41, 5.74) is 0. The van der Waals surface area contributed by atoms with Crippen molar-refractivity contribution in [2.45, 2.75) is 10.6 Å². The van der Waals surface area contributed by atoms with E-state index in [-0.39, 0.29) is 0 Å². The van der Waals surface area contributed by atoms with Crippen LogP contribution in [0.4, 0.5) is 0 Å². The van der Waals surface area contributed by atoms with E-state index < -0.39 is 14.5 Å². The Morgan fingerprint density at radius 3 is 2.15 bits per heavy atom. The molecule has 0 saturated carbocycles. The van der Waals surface area contributed by atoms with E-state index in [4.69, 9.17) is 3.79 Å². The van der Waals surface area contributed by atoms with Crippen molar-refractivity contribution in [1.82, 2.24) is 4.90 Å². The topological polar surface area (TPSA) is 12.5 Å². The molecule has 0 radical (unpaired) electrons. The number of rotatable bonds is 8. The van der Waals surface area contributed by atoms with Crippen LogP contribution >= 0.6 is 0 Å². The zero-order chi connectivity index (χ0) is 10.1. The molecular formula is C10H20AlNO. The summed E-state index contributed by atoms with van der Waals surface area (Å²) in [4.78, 5) is 2.13. The summed E-state index contributed by atoms with van der Waals surface area (Å²) >= 11 is -1.06. The predicted octanol–water partition coefficient (Wildman–Crippen LogP) is 1.93. The highest BCUT2D eigenvalue weighted by molar-refractivity contribution is 6.52. The fraction of sp³-hybridized carbons (Fsp3) is 0.600. The van der Waals surface area contributed by atoms with Gasteiger partial charge in [0.05, 0.1) is 0 Å². The van der Waals surface area contributed by atoms with Gasteiger partial charge in [-0.25, -0.2) is 0 Å². The lowest BCUT2D eigenvalue weighted by Gasteiger charge is -2.13. The lowest BCUT2D eigenvalue weighted by molar-refractivity contribution is 0.263. The highest BCUT2D eigenvalue weighted by atomic mass is 27.2. The second kappa shape index (κ2) is 8.53. The first-order valence-electron chi connectivity index (χ1n) is 4.68. The molecule has 0 spiro atoms. The second-order valence-corrected chi connectivity index (χ2v) is 5.86. The molecular weight excluding hydrogens is 177 g/mol. The molecule has 0 saturated heterocycles. The maximum Gasteiger partial charge on any atom is 0.468 e. The molecule has 0 atom stereocenters. The maximum absolute atomic E-state index is 5.79. The molecule has 0 aliphatic rings. The van der Waals surface area contributed by atoms with E-state index in [0.29, 0.717) is 0 Å². The van der Waals surface area contributed by atoms with Crippen molar-refractivity contribution in [2.24, 2.45) is 0 Å². The van der Waals surface area contributed by atoms with Crippen LogP contribution in [0.3, 0.4) is 0 Å². The fourth-order valence-electron chi connectivity index (χ4n) is 1.01. The molecule has 0 N–H and O–H groups in total. The van der Waals surface area contributed by atoms with Gasteiger partial charge in [0.25, 0.3) is 0 Å². The van der Waals surface area contributed by atoms with Crippen molar-refractivity contribution in [3.63, 3.8) is 0 Å². The third-order valence-electron chi connectivity index (χ3n) is 1.75. The van der Waals surface area contributed by atoms with Gasteiger partial charge in [-0.3, -0.25) is 0 Å². The lowest BCUT2D eigenvalue weighted by Crippen LogP contribution is -2.24. The van der Waals surface area contributed by atoms with Gasteiger partial charge in [-0.05, 0) is 14.1 Å². The van der Waals surface area contributed by atoms with Gasteiger partial charge in [-0.1, -0.05) is 10.6 Å². The van der Waals surface area contributed by atoms with E-state index >= 15 is 0 Å². The minimum atomic E-state index is -1.06. The Morgan fingerprint density at radius 1 is 1.23 bits per heavy atom. The normalized spacial score (nSPS) is 10.1. The molecule has 0 fully saturated rings. The molecule has 0 unspecified atom stereocenters.